The van der Waals surface area contributed by atoms with Crippen LogP contribution < -0.4 is 4.57 Å². The van der Waals surface area contributed by atoms with Gasteiger partial charge in [-0.15, -0.1) is 0 Å². The Morgan fingerprint density at radius 2 is 2.17 bits per heavy atom. The Hall–Kier alpha value is -0.410. The molecule has 0 fully saturated rings. The first-order valence-corrected chi connectivity index (χ1v) is 5.83. The second-order valence-corrected chi connectivity index (χ2v) is 4.25. The molecule has 0 N–H and O–H groups in total. The third kappa shape index (κ3) is 1.39. The molecule has 0 aliphatic rings. The second-order valence-electron chi connectivity index (χ2n) is 2.57. The number of aryl methyl sites for hydroxylation is 1. The Bertz CT molecular complexity index is 383. The molecule has 0 saturated heterocycles. The molecular weight excluding hydrogens is 234 g/mol. The smallest absolute Gasteiger partial charge is 0.188 e. The maximum atomic E-state index is 3.44. The third-order valence-corrected chi connectivity index (χ3v) is 3.12. The van der Waals surface area contributed by atoms with Crippen LogP contribution in [0.3, 0.4) is 0 Å². The van der Waals surface area contributed by atoms with Crippen LogP contribution in [0.5, 0.6) is 0 Å². The van der Waals surface area contributed by atoms with Crippen molar-refractivity contribution in [3.05, 3.63) is 29.8 Å². The average Bonchev–Trinajstić information content (AvgIpc) is 2.50. The number of aromatic nitrogens is 1. The molecule has 0 atom stereocenters. The minimum atomic E-state index is 1.01. The summed E-state index contributed by atoms with van der Waals surface area (Å²) in [5, 5.41) is 1.01. The van der Waals surface area contributed by atoms with Crippen molar-refractivity contribution in [1.82, 2.24) is 0 Å². The molecular formula is C9H9BrNS+. The van der Waals surface area contributed by atoms with E-state index < -0.39 is 0 Å². The molecule has 0 aliphatic carbocycles. The van der Waals surface area contributed by atoms with Gasteiger partial charge in [0.2, 0.25) is 11.0 Å². The first-order valence-electron chi connectivity index (χ1n) is 3.83. The largest absolute Gasteiger partial charge is 0.225 e. The van der Waals surface area contributed by atoms with E-state index in [-0.39, 0.29) is 0 Å². The molecule has 2 rings (SSSR count). The molecule has 1 nitrogen and oxygen atoms in total. The zero-order chi connectivity index (χ0) is 8.39. The van der Waals surface area contributed by atoms with E-state index in [9.17, 15) is 0 Å². The van der Waals surface area contributed by atoms with E-state index in [2.05, 4.69) is 50.3 Å². The van der Waals surface area contributed by atoms with E-state index in [1.807, 2.05) is 0 Å². The summed E-state index contributed by atoms with van der Waals surface area (Å²) in [6.45, 7) is 1.05. The van der Waals surface area contributed by atoms with E-state index >= 15 is 0 Å². The van der Waals surface area contributed by atoms with Crippen LogP contribution in [0.1, 0.15) is 0 Å². The number of nitrogens with zero attached hydrogens (tertiary/aromatic N) is 1. The third-order valence-electron chi connectivity index (χ3n) is 1.81. The standard InChI is InChI=1S/C9H9BrNS/c10-5-6-11-7-12-9-4-2-1-3-8(9)11/h1-4,7H,5-6H2/q+1. The lowest BCUT2D eigenvalue weighted by atomic mass is 10.3. The van der Waals surface area contributed by atoms with Crippen molar-refractivity contribution < 1.29 is 4.57 Å². The molecule has 1 aromatic carbocycles. The van der Waals surface area contributed by atoms with E-state index in [0.717, 1.165) is 11.9 Å². The van der Waals surface area contributed by atoms with Crippen molar-refractivity contribution in [3.63, 3.8) is 0 Å². The highest BCUT2D eigenvalue weighted by atomic mass is 79.9. The molecule has 0 aliphatic heterocycles. The van der Waals surface area contributed by atoms with Crippen molar-refractivity contribution in [2.24, 2.45) is 0 Å². The molecule has 0 radical (unpaired) electrons. The Labute approximate surface area is 83.8 Å². The number of alkyl halides is 1. The maximum absolute atomic E-state index is 3.44. The summed E-state index contributed by atoms with van der Waals surface area (Å²) >= 11 is 5.24. The number of halogens is 1. The predicted octanol–water partition coefficient (Wildman–Crippen LogP) is 2.58. The quantitative estimate of drug-likeness (QED) is 0.563. The van der Waals surface area contributed by atoms with E-state index in [1.165, 1.54) is 10.2 Å². The van der Waals surface area contributed by atoms with Crippen molar-refractivity contribution in [3.8, 4) is 0 Å². The lowest BCUT2D eigenvalue weighted by Crippen LogP contribution is -2.32. The van der Waals surface area contributed by atoms with Crippen LogP contribution in [0.4, 0.5) is 0 Å². The molecule has 0 spiro atoms. The van der Waals surface area contributed by atoms with Crippen LogP contribution in [0.2, 0.25) is 0 Å². The second kappa shape index (κ2) is 3.54. The first kappa shape index (κ1) is 8.20. The highest BCUT2D eigenvalue weighted by Crippen LogP contribution is 2.14. The van der Waals surface area contributed by atoms with E-state index in [0.29, 0.717) is 0 Å². The summed E-state index contributed by atoms with van der Waals surface area (Å²) in [6.07, 6.45) is 0. The highest BCUT2D eigenvalue weighted by molar-refractivity contribution is 9.09. The Balaban J connectivity index is 2.55. The average molecular weight is 243 g/mol. The normalized spacial score (nSPS) is 10.8. The maximum Gasteiger partial charge on any atom is 0.225 e. The van der Waals surface area contributed by atoms with Gasteiger partial charge >= 0.3 is 0 Å². The van der Waals surface area contributed by atoms with Gasteiger partial charge in [0, 0.05) is 6.07 Å². The number of hydrogen-bond acceptors (Lipinski definition) is 1. The summed E-state index contributed by atoms with van der Waals surface area (Å²) < 4.78 is 3.63. The van der Waals surface area contributed by atoms with Gasteiger partial charge in [-0.05, 0) is 6.07 Å². The Morgan fingerprint density at radius 3 is 3.00 bits per heavy atom. The van der Waals surface area contributed by atoms with Crippen molar-refractivity contribution in [2.45, 2.75) is 6.54 Å². The molecule has 1 heterocycles. The molecule has 0 unspecified atom stereocenters. The number of rotatable bonds is 2. The van der Waals surface area contributed by atoms with Crippen LogP contribution in [-0.4, -0.2) is 5.33 Å². The fourth-order valence-electron chi connectivity index (χ4n) is 1.24. The lowest BCUT2D eigenvalue weighted by Gasteiger charge is -1.88. The van der Waals surface area contributed by atoms with Crippen LogP contribution >= 0.6 is 27.3 Å². The Morgan fingerprint density at radius 1 is 1.33 bits per heavy atom. The molecule has 0 bridgehead atoms. The van der Waals surface area contributed by atoms with Gasteiger partial charge < -0.3 is 0 Å². The van der Waals surface area contributed by atoms with Gasteiger partial charge in [-0.1, -0.05) is 39.4 Å². The van der Waals surface area contributed by atoms with Crippen LogP contribution in [0.25, 0.3) is 10.2 Å². The first-order chi connectivity index (χ1) is 5.92. The van der Waals surface area contributed by atoms with Gasteiger partial charge in [-0.2, -0.15) is 4.57 Å². The van der Waals surface area contributed by atoms with Crippen molar-refractivity contribution in [1.29, 1.82) is 0 Å². The lowest BCUT2D eigenvalue weighted by molar-refractivity contribution is -0.662. The van der Waals surface area contributed by atoms with Crippen LogP contribution in [0.15, 0.2) is 29.8 Å². The van der Waals surface area contributed by atoms with Gasteiger partial charge in [0.25, 0.3) is 0 Å². The van der Waals surface area contributed by atoms with Crippen molar-refractivity contribution >= 4 is 37.5 Å². The summed E-state index contributed by atoms with van der Waals surface area (Å²) in [5.74, 6) is 0. The monoisotopic (exact) mass is 242 g/mol. The molecule has 0 saturated carbocycles. The predicted molar refractivity (Wildman–Crippen MR) is 55.8 cm³/mol. The molecule has 2 aromatic rings. The van der Waals surface area contributed by atoms with Crippen LogP contribution in [-0.2, 0) is 6.54 Å². The molecule has 1 aromatic heterocycles. The summed E-state index contributed by atoms with van der Waals surface area (Å²) in [4.78, 5) is 0. The van der Waals surface area contributed by atoms with Crippen LogP contribution in [0, 0.1) is 0 Å². The van der Waals surface area contributed by atoms with Gasteiger partial charge in [-0.25, -0.2) is 0 Å². The Kier molecular flexibility index (Phi) is 2.42. The van der Waals surface area contributed by atoms with Crippen molar-refractivity contribution in [2.75, 3.05) is 5.33 Å². The minimum absolute atomic E-state index is 1.01. The minimum Gasteiger partial charge on any atom is -0.188 e. The summed E-state index contributed by atoms with van der Waals surface area (Å²) in [7, 11) is 0. The molecule has 12 heavy (non-hydrogen) atoms. The molecule has 62 valence electrons. The van der Waals surface area contributed by atoms with Gasteiger partial charge in [0.1, 0.15) is 4.70 Å². The topological polar surface area (TPSA) is 3.88 Å². The number of benzene rings is 1. The number of fused-ring (bicyclic) bond motifs is 1. The van der Waals surface area contributed by atoms with Gasteiger partial charge in [0.05, 0.1) is 5.33 Å². The van der Waals surface area contributed by atoms with E-state index in [1.54, 1.807) is 11.3 Å². The SMILES string of the molecule is BrCC[n+]1csc2ccccc21. The molecule has 3 heteroatoms. The fraction of sp³-hybridized carbons (Fsp3) is 0.222. The number of para-hydroxylation sites is 1. The van der Waals surface area contributed by atoms with Gasteiger partial charge in [0.15, 0.2) is 6.54 Å². The fourth-order valence-corrected chi connectivity index (χ4v) is 2.54. The summed E-state index contributed by atoms with van der Waals surface area (Å²) in [6, 6.07) is 8.48. The number of thiazole rings is 1. The highest BCUT2D eigenvalue weighted by Gasteiger charge is 2.08. The zero-order valence-corrected chi connectivity index (χ0v) is 8.94. The zero-order valence-electron chi connectivity index (χ0n) is 6.53. The van der Waals surface area contributed by atoms with Gasteiger partial charge in [-0.3, -0.25) is 0 Å². The molecule has 0 amide bonds. The summed E-state index contributed by atoms with van der Waals surface area (Å²) in [5.41, 5.74) is 3.51. The van der Waals surface area contributed by atoms with E-state index in [4.69, 9.17) is 0 Å². The number of hydrogen-bond donors (Lipinski definition) is 0.